The SMILES string of the molecule is Cc1nnc(SCC(=O)NCc2ccccc2S(=O)(=O)N(C)C)n1Cc1ccccc1. The molecular formula is C21H25N5O3S2. The van der Waals surface area contributed by atoms with Crippen molar-refractivity contribution in [2.45, 2.75) is 30.1 Å². The number of hydrogen-bond acceptors (Lipinski definition) is 6. The number of aromatic nitrogens is 3. The average Bonchev–Trinajstić information content (AvgIpc) is 3.11. The molecule has 0 aliphatic carbocycles. The van der Waals surface area contributed by atoms with Crippen LogP contribution in [0.4, 0.5) is 0 Å². The maximum absolute atomic E-state index is 12.5. The van der Waals surface area contributed by atoms with Crippen molar-refractivity contribution in [3.8, 4) is 0 Å². The van der Waals surface area contributed by atoms with Gasteiger partial charge >= 0.3 is 0 Å². The number of thioether (sulfide) groups is 1. The van der Waals surface area contributed by atoms with Gasteiger partial charge < -0.3 is 9.88 Å². The Kier molecular flexibility index (Phi) is 7.47. The zero-order chi connectivity index (χ0) is 22.4. The molecule has 8 nitrogen and oxygen atoms in total. The summed E-state index contributed by atoms with van der Waals surface area (Å²) >= 11 is 1.30. The quantitative estimate of drug-likeness (QED) is 0.493. The van der Waals surface area contributed by atoms with E-state index in [2.05, 4.69) is 15.5 Å². The molecule has 10 heteroatoms. The summed E-state index contributed by atoms with van der Waals surface area (Å²) in [6, 6.07) is 16.6. The van der Waals surface area contributed by atoms with E-state index >= 15 is 0 Å². The summed E-state index contributed by atoms with van der Waals surface area (Å²) in [6.45, 7) is 2.62. The van der Waals surface area contributed by atoms with E-state index in [-0.39, 0.29) is 23.1 Å². The predicted molar refractivity (Wildman–Crippen MR) is 120 cm³/mol. The number of nitrogens with zero attached hydrogens (tertiary/aromatic N) is 4. The first-order valence-corrected chi connectivity index (χ1v) is 12.0. The molecule has 0 saturated carbocycles. The number of sulfonamides is 1. The fraction of sp³-hybridized carbons (Fsp3) is 0.286. The summed E-state index contributed by atoms with van der Waals surface area (Å²) in [5, 5.41) is 11.8. The lowest BCUT2D eigenvalue weighted by Gasteiger charge is -2.15. The molecule has 1 heterocycles. The van der Waals surface area contributed by atoms with Crippen LogP contribution in [0, 0.1) is 6.92 Å². The minimum atomic E-state index is -3.59. The van der Waals surface area contributed by atoms with Crippen molar-refractivity contribution in [3.63, 3.8) is 0 Å². The zero-order valence-electron chi connectivity index (χ0n) is 17.6. The molecule has 0 aliphatic heterocycles. The van der Waals surface area contributed by atoms with Crippen LogP contribution < -0.4 is 5.32 Å². The maximum atomic E-state index is 12.5. The van der Waals surface area contributed by atoms with Crippen LogP contribution in [0.5, 0.6) is 0 Å². The van der Waals surface area contributed by atoms with Crippen LogP contribution in [-0.4, -0.2) is 53.2 Å². The average molecular weight is 460 g/mol. The lowest BCUT2D eigenvalue weighted by atomic mass is 10.2. The third kappa shape index (κ3) is 5.72. The number of carbonyl (C=O) groups is 1. The highest BCUT2D eigenvalue weighted by Crippen LogP contribution is 2.20. The van der Waals surface area contributed by atoms with Gasteiger partial charge in [-0.2, -0.15) is 0 Å². The van der Waals surface area contributed by atoms with E-state index < -0.39 is 10.0 Å². The van der Waals surface area contributed by atoms with Gasteiger partial charge in [-0.3, -0.25) is 4.79 Å². The van der Waals surface area contributed by atoms with E-state index in [0.29, 0.717) is 17.3 Å². The molecule has 0 radical (unpaired) electrons. The predicted octanol–water partition coefficient (Wildman–Crippen LogP) is 2.29. The molecule has 1 N–H and O–H groups in total. The molecule has 0 atom stereocenters. The van der Waals surface area contributed by atoms with Crippen molar-refractivity contribution in [3.05, 3.63) is 71.5 Å². The molecule has 1 aromatic heterocycles. The minimum Gasteiger partial charge on any atom is -0.351 e. The number of carbonyl (C=O) groups excluding carboxylic acids is 1. The van der Waals surface area contributed by atoms with Crippen LogP contribution >= 0.6 is 11.8 Å². The van der Waals surface area contributed by atoms with Crippen molar-refractivity contribution in [1.82, 2.24) is 24.4 Å². The summed E-state index contributed by atoms with van der Waals surface area (Å²) in [4.78, 5) is 12.6. The molecule has 164 valence electrons. The van der Waals surface area contributed by atoms with Gasteiger partial charge in [0.15, 0.2) is 5.16 Å². The van der Waals surface area contributed by atoms with Crippen molar-refractivity contribution in [2.24, 2.45) is 0 Å². The first-order chi connectivity index (χ1) is 14.8. The molecule has 2 aromatic carbocycles. The van der Waals surface area contributed by atoms with E-state index in [1.807, 2.05) is 41.8 Å². The fourth-order valence-electron chi connectivity index (χ4n) is 2.89. The molecule has 0 unspecified atom stereocenters. The summed E-state index contributed by atoms with van der Waals surface area (Å²) in [6.07, 6.45) is 0. The van der Waals surface area contributed by atoms with E-state index in [9.17, 15) is 13.2 Å². The Morgan fingerprint density at radius 1 is 1.06 bits per heavy atom. The van der Waals surface area contributed by atoms with Gasteiger partial charge in [0.05, 0.1) is 17.2 Å². The lowest BCUT2D eigenvalue weighted by Crippen LogP contribution is -2.28. The summed E-state index contributed by atoms with van der Waals surface area (Å²) in [5.74, 6) is 0.707. The highest BCUT2D eigenvalue weighted by Gasteiger charge is 2.21. The molecule has 31 heavy (non-hydrogen) atoms. The molecule has 1 amide bonds. The zero-order valence-corrected chi connectivity index (χ0v) is 19.3. The number of hydrogen-bond donors (Lipinski definition) is 1. The second-order valence-electron chi connectivity index (χ2n) is 7.06. The van der Waals surface area contributed by atoms with Gasteiger partial charge in [-0.25, -0.2) is 12.7 Å². The monoisotopic (exact) mass is 459 g/mol. The smallest absolute Gasteiger partial charge is 0.242 e. The third-order valence-electron chi connectivity index (χ3n) is 4.62. The van der Waals surface area contributed by atoms with E-state index in [1.165, 1.54) is 25.9 Å². The molecule has 0 spiro atoms. The van der Waals surface area contributed by atoms with Gasteiger partial charge in [0.25, 0.3) is 0 Å². The summed E-state index contributed by atoms with van der Waals surface area (Å²) in [5.41, 5.74) is 1.66. The molecule has 0 aliphatic rings. The Balaban J connectivity index is 1.62. The first kappa shape index (κ1) is 23.0. The van der Waals surface area contributed by atoms with Crippen molar-refractivity contribution < 1.29 is 13.2 Å². The van der Waals surface area contributed by atoms with Gasteiger partial charge in [-0.05, 0) is 24.1 Å². The van der Waals surface area contributed by atoms with Crippen LogP contribution in [-0.2, 0) is 27.9 Å². The van der Waals surface area contributed by atoms with Gasteiger partial charge in [-0.1, -0.05) is 60.3 Å². The maximum Gasteiger partial charge on any atom is 0.242 e. The second kappa shape index (κ2) is 10.1. The van der Waals surface area contributed by atoms with Crippen LogP contribution in [0.3, 0.4) is 0 Å². The van der Waals surface area contributed by atoms with Crippen LogP contribution in [0.25, 0.3) is 0 Å². The standard InChI is InChI=1S/C21H25N5O3S2/c1-16-23-24-21(26(16)14-17-9-5-4-6-10-17)30-15-20(27)22-13-18-11-7-8-12-19(18)31(28,29)25(2)3/h4-12H,13-15H2,1-3H3,(H,22,27). The van der Waals surface area contributed by atoms with Gasteiger partial charge in [0, 0.05) is 20.6 Å². The van der Waals surface area contributed by atoms with E-state index in [4.69, 9.17) is 0 Å². The Bertz CT molecular complexity index is 1140. The number of amides is 1. The molecular weight excluding hydrogens is 434 g/mol. The number of rotatable bonds is 9. The largest absolute Gasteiger partial charge is 0.351 e. The summed E-state index contributed by atoms with van der Waals surface area (Å²) < 4.78 is 28.1. The van der Waals surface area contributed by atoms with Gasteiger partial charge in [0.2, 0.25) is 15.9 Å². The van der Waals surface area contributed by atoms with E-state index in [0.717, 1.165) is 15.7 Å². The molecule has 0 fully saturated rings. The van der Waals surface area contributed by atoms with Crippen LogP contribution in [0.1, 0.15) is 17.0 Å². The van der Waals surface area contributed by atoms with Crippen LogP contribution in [0.2, 0.25) is 0 Å². The topological polar surface area (TPSA) is 97.2 Å². The molecule has 3 rings (SSSR count). The molecule has 3 aromatic rings. The number of aryl methyl sites for hydroxylation is 1. The minimum absolute atomic E-state index is 0.123. The highest BCUT2D eigenvalue weighted by atomic mass is 32.2. The lowest BCUT2D eigenvalue weighted by molar-refractivity contribution is -0.118. The Hall–Kier alpha value is -2.69. The van der Waals surface area contributed by atoms with Gasteiger partial charge in [-0.15, -0.1) is 10.2 Å². The molecule has 0 saturated heterocycles. The van der Waals surface area contributed by atoms with E-state index in [1.54, 1.807) is 24.3 Å². The summed E-state index contributed by atoms with van der Waals surface area (Å²) in [7, 11) is -0.626. The van der Waals surface area contributed by atoms with Crippen molar-refractivity contribution >= 4 is 27.7 Å². The van der Waals surface area contributed by atoms with Gasteiger partial charge in [0.1, 0.15) is 5.82 Å². The van der Waals surface area contributed by atoms with Crippen molar-refractivity contribution in [1.29, 1.82) is 0 Å². The Morgan fingerprint density at radius 3 is 2.45 bits per heavy atom. The van der Waals surface area contributed by atoms with Crippen molar-refractivity contribution in [2.75, 3.05) is 19.8 Å². The van der Waals surface area contributed by atoms with Crippen LogP contribution in [0.15, 0.2) is 64.6 Å². The third-order valence-corrected chi connectivity index (χ3v) is 7.51. The fourth-order valence-corrected chi connectivity index (χ4v) is 4.82. The highest BCUT2D eigenvalue weighted by molar-refractivity contribution is 7.99. The Labute approximate surface area is 186 Å². The first-order valence-electron chi connectivity index (χ1n) is 9.62. The molecule has 0 bridgehead atoms. The number of nitrogens with one attached hydrogen (secondary N) is 1. The second-order valence-corrected chi connectivity index (χ2v) is 10.1. The normalized spacial score (nSPS) is 11.6. The Morgan fingerprint density at radius 2 is 1.74 bits per heavy atom. The number of benzene rings is 2.